The monoisotopic (exact) mass is 514 g/mol. The molecule has 0 aliphatic heterocycles. The second kappa shape index (κ2) is 11.0. The van der Waals surface area contributed by atoms with Gasteiger partial charge in [-0.15, -0.1) is 5.10 Å². The Morgan fingerprint density at radius 2 is 1.58 bits per heavy atom. The van der Waals surface area contributed by atoms with Gasteiger partial charge in [0.25, 0.3) is 5.91 Å². The molecule has 8 nitrogen and oxygen atoms in total. The van der Waals surface area contributed by atoms with Crippen molar-refractivity contribution in [2.75, 3.05) is 5.32 Å². The molecule has 0 unspecified atom stereocenters. The fraction of sp³-hybridized carbons (Fsp3) is 0.0385. The van der Waals surface area contributed by atoms with E-state index in [1.54, 1.807) is 59.5 Å². The van der Waals surface area contributed by atoms with E-state index in [9.17, 15) is 4.79 Å². The highest BCUT2D eigenvalue weighted by molar-refractivity contribution is 7.98. The van der Waals surface area contributed by atoms with E-state index in [2.05, 4.69) is 25.6 Å². The first kappa shape index (κ1) is 23.5. The Kier molecular flexibility index (Phi) is 7.20. The average Bonchev–Trinajstić information content (AvgIpc) is 3.34. The van der Waals surface area contributed by atoms with Gasteiger partial charge >= 0.3 is 0 Å². The number of amides is 1. The lowest BCUT2D eigenvalue weighted by molar-refractivity contribution is 0.102. The molecule has 5 rings (SSSR count). The van der Waals surface area contributed by atoms with Gasteiger partial charge in [0, 0.05) is 28.9 Å². The fourth-order valence-corrected chi connectivity index (χ4v) is 4.23. The van der Waals surface area contributed by atoms with Crippen molar-refractivity contribution in [3.05, 3.63) is 114 Å². The molecule has 0 saturated heterocycles. The third kappa shape index (κ3) is 5.70. The van der Waals surface area contributed by atoms with Crippen molar-refractivity contribution in [1.29, 1.82) is 0 Å². The highest BCUT2D eigenvalue weighted by Gasteiger charge is 2.21. The third-order valence-corrected chi connectivity index (χ3v) is 6.16. The molecular weight excluding hydrogens is 496 g/mol. The SMILES string of the molecule is O=C(Nc1ccc(Oc2ccccc2)cc1)c1nnn(-c2ccc(Cl)cc2)c1CSc1ncccn1. The van der Waals surface area contributed by atoms with Crippen LogP contribution in [0.25, 0.3) is 5.69 Å². The second-order valence-corrected chi connectivity index (χ2v) is 8.87. The summed E-state index contributed by atoms with van der Waals surface area (Å²) in [5.74, 6) is 1.40. The Hall–Kier alpha value is -4.21. The topological polar surface area (TPSA) is 94.8 Å². The first-order valence-electron chi connectivity index (χ1n) is 10.9. The molecule has 0 atom stereocenters. The van der Waals surface area contributed by atoms with Crippen molar-refractivity contribution in [1.82, 2.24) is 25.0 Å². The number of carbonyl (C=O) groups excluding carboxylic acids is 1. The van der Waals surface area contributed by atoms with Crippen molar-refractivity contribution < 1.29 is 9.53 Å². The molecule has 1 N–H and O–H groups in total. The number of anilines is 1. The molecule has 0 aliphatic carbocycles. The van der Waals surface area contributed by atoms with Crippen molar-refractivity contribution in [3.63, 3.8) is 0 Å². The van der Waals surface area contributed by atoms with Gasteiger partial charge in [0.15, 0.2) is 10.9 Å². The molecule has 2 heterocycles. The first-order valence-corrected chi connectivity index (χ1v) is 12.3. The number of carbonyl (C=O) groups is 1. The number of hydrogen-bond donors (Lipinski definition) is 1. The Balaban J connectivity index is 1.36. The zero-order valence-electron chi connectivity index (χ0n) is 18.8. The van der Waals surface area contributed by atoms with E-state index < -0.39 is 0 Å². The van der Waals surface area contributed by atoms with E-state index in [1.165, 1.54) is 11.8 Å². The predicted molar refractivity (Wildman–Crippen MR) is 139 cm³/mol. The Morgan fingerprint density at radius 1 is 0.889 bits per heavy atom. The van der Waals surface area contributed by atoms with Crippen LogP contribution in [-0.2, 0) is 5.75 Å². The van der Waals surface area contributed by atoms with Gasteiger partial charge in [0.1, 0.15) is 11.5 Å². The molecule has 3 aromatic carbocycles. The highest BCUT2D eigenvalue weighted by Crippen LogP contribution is 2.25. The van der Waals surface area contributed by atoms with Gasteiger partial charge in [-0.2, -0.15) is 0 Å². The molecular formula is C26H19ClN6O2S. The van der Waals surface area contributed by atoms with Crippen LogP contribution < -0.4 is 10.1 Å². The lowest BCUT2D eigenvalue weighted by Crippen LogP contribution is -2.15. The van der Waals surface area contributed by atoms with E-state index in [0.717, 1.165) is 11.4 Å². The molecule has 2 aromatic heterocycles. The summed E-state index contributed by atoms with van der Waals surface area (Å²) in [5.41, 5.74) is 2.15. The molecule has 0 bridgehead atoms. The molecule has 178 valence electrons. The van der Waals surface area contributed by atoms with E-state index in [-0.39, 0.29) is 11.6 Å². The number of thioether (sulfide) groups is 1. The number of benzene rings is 3. The van der Waals surface area contributed by atoms with Crippen LogP contribution in [0, 0.1) is 0 Å². The summed E-state index contributed by atoms with van der Waals surface area (Å²) in [6, 6.07) is 25.5. The maximum atomic E-state index is 13.2. The van der Waals surface area contributed by atoms with Crippen LogP contribution >= 0.6 is 23.4 Å². The van der Waals surface area contributed by atoms with Crippen LogP contribution in [0.2, 0.25) is 5.02 Å². The van der Waals surface area contributed by atoms with Gasteiger partial charge in [-0.1, -0.05) is 46.8 Å². The Labute approximate surface area is 216 Å². The minimum atomic E-state index is -0.378. The van der Waals surface area contributed by atoms with E-state index in [1.807, 2.05) is 42.5 Å². The average molecular weight is 515 g/mol. The number of aromatic nitrogens is 5. The molecule has 10 heteroatoms. The van der Waals surface area contributed by atoms with E-state index in [0.29, 0.717) is 33.1 Å². The van der Waals surface area contributed by atoms with Crippen molar-refractivity contribution in [3.8, 4) is 17.2 Å². The van der Waals surface area contributed by atoms with Crippen LogP contribution in [0.4, 0.5) is 5.69 Å². The number of hydrogen-bond acceptors (Lipinski definition) is 7. The number of ether oxygens (including phenoxy) is 1. The Morgan fingerprint density at radius 3 is 2.31 bits per heavy atom. The predicted octanol–water partition coefficient (Wildman–Crippen LogP) is 6.05. The smallest absolute Gasteiger partial charge is 0.278 e. The number of nitrogens with zero attached hydrogens (tertiary/aromatic N) is 5. The minimum Gasteiger partial charge on any atom is -0.457 e. The lowest BCUT2D eigenvalue weighted by Gasteiger charge is -2.09. The summed E-state index contributed by atoms with van der Waals surface area (Å²) in [5, 5.41) is 12.5. The minimum absolute atomic E-state index is 0.206. The summed E-state index contributed by atoms with van der Waals surface area (Å²) < 4.78 is 7.44. The van der Waals surface area contributed by atoms with Crippen LogP contribution in [0.3, 0.4) is 0 Å². The first-order chi connectivity index (χ1) is 17.7. The zero-order chi connectivity index (χ0) is 24.7. The lowest BCUT2D eigenvalue weighted by atomic mass is 10.2. The summed E-state index contributed by atoms with van der Waals surface area (Å²) >= 11 is 7.43. The number of para-hydroxylation sites is 1. The highest BCUT2D eigenvalue weighted by atomic mass is 35.5. The molecule has 0 aliphatic rings. The second-order valence-electron chi connectivity index (χ2n) is 7.49. The maximum Gasteiger partial charge on any atom is 0.278 e. The largest absolute Gasteiger partial charge is 0.457 e. The molecule has 1 amide bonds. The molecule has 0 spiro atoms. The normalized spacial score (nSPS) is 10.7. The Bertz CT molecular complexity index is 1450. The maximum absolute atomic E-state index is 13.2. The summed E-state index contributed by atoms with van der Waals surface area (Å²) in [6.45, 7) is 0. The zero-order valence-corrected chi connectivity index (χ0v) is 20.4. The third-order valence-electron chi connectivity index (χ3n) is 5.02. The van der Waals surface area contributed by atoms with Gasteiger partial charge < -0.3 is 10.1 Å². The number of rotatable bonds is 8. The number of halogens is 1. The van der Waals surface area contributed by atoms with E-state index in [4.69, 9.17) is 16.3 Å². The van der Waals surface area contributed by atoms with Gasteiger partial charge in [-0.3, -0.25) is 4.79 Å². The van der Waals surface area contributed by atoms with Crippen LogP contribution in [0.15, 0.2) is 102 Å². The van der Waals surface area contributed by atoms with Crippen molar-refractivity contribution in [2.45, 2.75) is 10.9 Å². The van der Waals surface area contributed by atoms with Crippen molar-refractivity contribution in [2.24, 2.45) is 0 Å². The summed E-state index contributed by atoms with van der Waals surface area (Å²) in [7, 11) is 0. The van der Waals surface area contributed by atoms with Crippen LogP contribution in [-0.4, -0.2) is 30.9 Å². The standard InChI is InChI=1S/C26H19ClN6O2S/c27-18-7-11-20(12-8-18)33-23(17-36-26-28-15-4-16-29-26)24(31-32-33)25(34)30-19-9-13-22(14-10-19)35-21-5-2-1-3-6-21/h1-16H,17H2,(H,30,34). The fourth-order valence-electron chi connectivity index (χ4n) is 3.31. The van der Waals surface area contributed by atoms with Gasteiger partial charge in [-0.25, -0.2) is 14.6 Å². The molecule has 0 fully saturated rings. The summed E-state index contributed by atoms with van der Waals surface area (Å²) in [6.07, 6.45) is 3.34. The van der Waals surface area contributed by atoms with E-state index >= 15 is 0 Å². The molecule has 36 heavy (non-hydrogen) atoms. The molecule has 5 aromatic rings. The van der Waals surface area contributed by atoms with Gasteiger partial charge in [-0.05, 0) is 66.7 Å². The molecule has 0 saturated carbocycles. The van der Waals surface area contributed by atoms with Gasteiger partial charge in [0.05, 0.1) is 11.4 Å². The summed E-state index contributed by atoms with van der Waals surface area (Å²) in [4.78, 5) is 21.7. The number of nitrogens with one attached hydrogen (secondary N) is 1. The van der Waals surface area contributed by atoms with Crippen LogP contribution in [0.1, 0.15) is 16.2 Å². The van der Waals surface area contributed by atoms with Gasteiger partial charge in [0.2, 0.25) is 0 Å². The van der Waals surface area contributed by atoms with Crippen molar-refractivity contribution >= 4 is 35.0 Å². The quantitative estimate of drug-likeness (QED) is 0.199. The van der Waals surface area contributed by atoms with Crippen LogP contribution in [0.5, 0.6) is 11.5 Å². The molecule has 0 radical (unpaired) electrons.